The van der Waals surface area contributed by atoms with Crippen molar-refractivity contribution in [2.45, 2.75) is 46.6 Å². The smallest absolute Gasteiger partial charge is 0.202 e. The summed E-state index contributed by atoms with van der Waals surface area (Å²) in [6, 6.07) is -0.0545. The molecular weight excluding hydrogens is 260 g/mol. The highest BCUT2D eigenvalue weighted by atomic mass is 35.5. The highest BCUT2D eigenvalue weighted by molar-refractivity contribution is 7.87. The molecule has 0 aliphatic rings. The minimum Gasteiger partial charge on any atom is -0.202 e. The van der Waals surface area contributed by atoms with Crippen molar-refractivity contribution in [1.82, 2.24) is 9.03 Å². The van der Waals surface area contributed by atoms with E-state index < -0.39 is 10.2 Å². The van der Waals surface area contributed by atoms with Gasteiger partial charge in [-0.25, -0.2) is 4.72 Å². The van der Waals surface area contributed by atoms with E-state index in [-0.39, 0.29) is 11.5 Å². The van der Waals surface area contributed by atoms with Crippen LogP contribution >= 0.6 is 11.6 Å². The number of rotatable bonds is 8. The van der Waals surface area contributed by atoms with Gasteiger partial charge in [0.15, 0.2) is 0 Å². The van der Waals surface area contributed by atoms with E-state index in [1.807, 2.05) is 27.7 Å². The van der Waals surface area contributed by atoms with Crippen LogP contribution in [0.3, 0.4) is 0 Å². The molecule has 0 aromatic heterocycles. The van der Waals surface area contributed by atoms with Gasteiger partial charge < -0.3 is 0 Å². The number of hydrogen-bond acceptors (Lipinski definition) is 2. The molecule has 17 heavy (non-hydrogen) atoms. The van der Waals surface area contributed by atoms with Crippen molar-refractivity contribution in [1.29, 1.82) is 0 Å². The number of alkyl halides is 1. The molecular formula is C11H25ClN2O2S. The Morgan fingerprint density at radius 1 is 1.29 bits per heavy atom. The molecule has 0 aromatic carbocycles. The second-order valence-electron chi connectivity index (χ2n) is 4.78. The fourth-order valence-electron chi connectivity index (χ4n) is 1.36. The van der Waals surface area contributed by atoms with Crippen molar-refractivity contribution < 1.29 is 8.42 Å². The average Bonchev–Trinajstić information content (AvgIpc) is 2.30. The summed E-state index contributed by atoms with van der Waals surface area (Å²) in [5.41, 5.74) is -0.146. The maximum Gasteiger partial charge on any atom is 0.279 e. The van der Waals surface area contributed by atoms with E-state index in [1.54, 1.807) is 7.05 Å². The van der Waals surface area contributed by atoms with Gasteiger partial charge in [0.25, 0.3) is 10.2 Å². The highest BCUT2D eigenvalue weighted by Gasteiger charge is 2.29. The molecule has 0 aliphatic heterocycles. The van der Waals surface area contributed by atoms with Gasteiger partial charge in [0, 0.05) is 25.5 Å². The van der Waals surface area contributed by atoms with E-state index in [0.29, 0.717) is 12.4 Å². The van der Waals surface area contributed by atoms with E-state index in [1.165, 1.54) is 4.31 Å². The van der Waals surface area contributed by atoms with Crippen LogP contribution in [0.25, 0.3) is 0 Å². The molecule has 0 radical (unpaired) electrons. The lowest BCUT2D eigenvalue weighted by Crippen LogP contribution is -2.46. The highest BCUT2D eigenvalue weighted by Crippen LogP contribution is 2.27. The summed E-state index contributed by atoms with van der Waals surface area (Å²) in [6.07, 6.45) is 1.72. The first-order chi connectivity index (χ1) is 7.74. The summed E-state index contributed by atoms with van der Waals surface area (Å²) in [5.74, 6) is 0.466. The molecule has 0 saturated carbocycles. The van der Waals surface area contributed by atoms with Gasteiger partial charge >= 0.3 is 0 Å². The predicted octanol–water partition coefficient (Wildman–Crippen LogP) is 2.21. The normalized spacial score (nSPS) is 13.6. The number of hydrogen-bond donors (Lipinski definition) is 1. The monoisotopic (exact) mass is 284 g/mol. The lowest BCUT2D eigenvalue weighted by molar-refractivity contribution is 0.299. The summed E-state index contributed by atoms with van der Waals surface area (Å²) < 4.78 is 27.9. The molecule has 0 unspecified atom stereocenters. The van der Waals surface area contributed by atoms with Crippen LogP contribution in [0, 0.1) is 5.41 Å². The molecule has 0 aromatic rings. The van der Waals surface area contributed by atoms with E-state index in [9.17, 15) is 8.42 Å². The zero-order valence-electron chi connectivity index (χ0n) is 11.5. The van der Waals surface area contributed by atoms with E-state index in [2.05, 4.69) is 4.72 Å². The van der Waals surface area contributed by atoms with E-state index in [0.717, 1.165) is 12.8 Å². The van der Waals surface area contributed by atoms with Crippen molar-refractivity contribution >= 4 is 21.8 Å². The lowest BCUT2D eigenvalue weighted by atomic mass is 9.85. The van der Waals surface area contributed by atoms with Crippen LogP contribution in [0.4, 0.5) is 0 Å². The summed E-state index contributed by atoms with van der Waals surface area (Å²) in [4.78, 5) is 0. The van der Waals surface area contributed by atoms with Crippen LogP contribution < -0.4 is 4.72 Å². The summed E-state index contributed by atoms with van der Waals surface area (Å²) in [5, 5.41) is 0. The Morgan fingerprint density at radius 3 is 2.06 bits per heavy atom. The van der Waals surface area contributed by atoms with Crippen molar-refractivity contribution in [3.63, 3.8) is 0 Å². The van der Waals surface area contributed by atoms with Crippen LogP contribution in [-0.4, -0.2) is 38.2 Å². The van der Waals surface area contributed by atoms with Gasteiger partial charge in [0.1, 0.15) is 0 Å². The minimum absolute atomic E-state index is 0.0545. The number of nitrogens with one attached hydrogen (secondary N) is 1. The molecule has 0 rings (SSSR count). The number of nitrogens with zero attached hydrogens (tertiary/aromatic N) is 1. The standard InChI is InChI=1S/C11H25ClN2O2S/c1-6-11(7-2,8-12)9-13-17(15,16)14(5)10(3)4/h10,13H,6-9H2,1-5H3. The Bertz CT molecular complexity index is 305. The predicted molar refractivity (Wildman–Crippen MR) is 73.6 cm³/mol. The number of halogens is 1. The minimum atomic E-state index is -3.40. The fourth-order valence-corrected chi connectivity index (χ4v) is 3.08. The topological polar surface area (TPSA) is 49.4 Å². The molecule has 0 spiro atoms. The zero-order valence-corrected chi connectivity index (χ0v) is 13.0. The summed E-state index contributed by atoms with van der Waals surface area (Å²) in [6.45, 7) is 8.14. The van der Waals surface area contributed by atoms with Gasteiger partial charge in [-0.05, 0) is 32.1 Å². The van der Waals surface area contributed by atoms with Crippen molar-refractivity contribution in [3.05, 3.63) is 0 Å². The Morgan fingerprint density at radius 2 is 1.76 bits per heavy atom. The van der Waals surface area contributed by atoms with Crippen molar-refractivity contribution in [2.75, 3.05) is 19.5 Å². The molecule has 104 valence electrons. The van der Waals surface area contributed by atoms with Gasteiger partial charge in [-0.1, -0.05) is 13.8 Å². The average molecular weight is 285 g/mol. The molecule has 0 heterocycles. The summed E-state index contributed by atoms with van der Waals surface area (Å²) >= 11 is 5.95. The van der Waals surface area contributed by atoms with Gasteiger partial charge in [-0.3, -0.25) is 0 Å². The van der Waals surface area contributed by atoms with Gasteiger partial charge in [0.05, 0.1) is 0 Å². The molecule has 0 bridgehead atoms. The molecule has 0 saturated heterocycles. The zero-order chi connectivity index (χ0) is 13.7. The third-order valence-electron chi connectivity index (χ3n) is 3.52. The van der Waals surface area contributed by atoms with Crippen LogP contribution in [0.1, 0.15) is 40.5 Å². The second-order valence-corrected chi connectivity index (χ2v) is 6.86. The molecule has 0 fully saturated rings. The maximum atomic E-state index is 11.9. The molecule has 0 aliphatic carbocycles. The van der Waals surface area contributed by atoms with Crippen LogP contribution in [0.5, 0.6) is 0 Å². The largest absolute Gasteiger partial charge is 0.279 e. The van der Waals surface area contributed by atoms with Gasteiger partial charge in [-0.2, -0.15) is 12.7 Å². The maximum absolute atomic E-state index is 11.9. The molecule has 0 atom stereocenters. The van der Waals surface area contributed by atoms with Gasteiger partial charge in [0.2, 0.25) is 0 Å². The second kappa shape index (κ2) is 6.92. The first-order valence-electron chi connectivity index (χ1n) is 6.03. The SMILES string of the molecule is CCC(CC)(CCl)CNS(=O)(=O)N(C)C(C)C. The lowest BCUT2D eigenvalue weighted by Gasteiger charge is -2.31. The molecule has 1 N–H and O–H groups in total. The third kappa shape index (κ3) is 4.73. The molecule has 0 amide bonds. The Kier molecular flexibility index (Phi) is 6.99. The van der Waals surface area contributed by atoms with E-state index in [4.69, 9.17) is 11.6 Å². The van der Waals surface area contributed by atoms with Crippen LogP contribution in [0.15, 0.2) is 0 Å². The third-order valence-corrected chi connectivity index (χ3v) is 5.78. The first-order valence-corrected chi connectivity index (χ1v) is 8.00. The van der Waals surface area contributed by atoms with Crippen LogP contribution in [0.2, 0.25) is 0 Å². The fraction of sp³-hybridized carbons (Fsp3) is 1.00. The van der Waals surface area contributed by atoms with E-state index >= 15 is 0 Å². The van der Waals surface area contributed by atoms with Gasteiger partial charge in [-0.15, -0.1) is 11.6 Å². The Balaban J connectivity index is 4.65. The van der Waals surface area contributed by atoms with Crippen LogP contribution in [-0.2, 0) is 10.2 Å². The van der Waals surface area contributed by atoms with Crippen molar-refractivity contribution in [2.24, 2.45) is 5.41 Å². The molecule has 6 heteroatoms. The Labute approximate surface area is 111 Å². The first kappa shape index (κ1) is 17.2. The summed E-state index contributed by atoms with van der Waals surface area (Å²) in [7, 11) is -1.82. The Hall–Kier alpha value is 0.160. The van der Waals surface area contributed by atoms with Crippen molar-refractivity contribution in [3.8, 4) is 0 Å². The molecule has 4 nitrogen and oxygen atoms in total. The quantitative estimate of drug-likeness (QED) is 0.695.